The highest BCUT2D eigenvalue weighted by Crippen LogP contribution is 2.23. The summed E-state index contributed by atoms with van der Waals surface area (Å²) in [7, 11) is 0. The molecule has 0 aromatic heterocycles. The fraction of sp³-hybridized carbons (Fsp3) is 0.455. The Hall–Kier alpha value is -0.470. The van der Waals surface area contributed by atoms with Crippen LogP contribution in [0.25, 0.3) is 0 Å². The summed E-state index contributed by atoms with van der Waals surface area (Å²) in [5.41, 5.74) is 0. The fourth-order valence-electron chi connectivity index (χ4n) is 1.15. The van der Waals surface area contributed by atoms with Crippen LogP contribution in [0.1, 0.15) is 20.8 Å². The minimum atomic E-state index is 0.593. The van der Waals surface area contributed by atoms with Gasteiger partial charge in [-0.25, -0.2) is 4.31 Å². The zero-order chi connectivity index (χ0) is 9.68. The second kappa shape index (κ2) is 5.30. The summed E-state index contributed by atoms with van der Waals surface area (Å²) in [4.78, 5) is 1.32. The van der Waals surface area contributed by atoms with Crippen molar-refractivity contribution in [2.75, 3.05) is 6.54 Å². The van der Waals surface area contributed by atoms with Gasteiger partial charge in [-0.3, -0.25) is 0 Å². The molecule has 1 nitrogen and oxygen atoms in total. The van der Waals surface area contributed by atoms with Gasteiger partial charge in [-0.2, -0.15) is 0 Å². The van der Waals surface area contributed by atoms with Crippen molar-refractivity contribution in [1.29, 1.82) is 0 Å². The van der Waals surface area contributed by atoms with E-state index in [0.717, 1.165) is 6.54 Å². The lowest BCUT2D eigenvalue weighted by molar-refractivity contribution is 0.415. The molecular formula is C11H17NS. The third-order valence-corrected chi connectivity index (χ3v) is 3.25. The van der Waals surface area contributed by atoms with Gasteiger partial charge in [0.15, 0.2) is 0 Å². The Bertz CT molecular complexity index is 233. The minimum absolute atomic E-state index is 0.593. The lowest BCUT2D eigenvalue weighted by Gasteiger charge is -2.22. The molecule has 72 valence electrons. The molecule has 0 unspecified atom stereocenters. The first-order valence-corrected chi connectivity index (χ1v) is 5.51. The monoisotopic (exact) mass is 195 g/mol. The molecule has 0 aliphatic carbocycles. The molecule has 0 N–H and O–H groups in total. The Kier molecular flexibility index (Phi) is 4.33. The maximum Gasteiger partial charge on any atom is 0.0230 e. The van der Waals surface area contributed by atoms with Crippen LogP contribution in [0.3, 0.4) is 0 Å². The Labute approximate surface area is 85.3 Å². The molecule has 0 spiro atoms. The van der Waals surface area contributed by atoms with Gasteiger partial charge in [0.1, 0.15) is 0 Å². The maximum absolute atomic E-state index is 2.37. The van der Waals surface area contributed by atoms with Gasteiger partial charge in [-0.05, 0) is 37.9 Å². The SMILES string of the molecule is CCN(Sc1ccccc1)C(C)C. The number of hydrogen-bond donors (Lipinski definition) is 0. The summed E-state index contributed by atoms with van der Waals surface area (Å²) >= 11 is 1.83. The van der Waals surface area contributed by atoms with Crippen molar-refractivity contribution in [2.45, 2.75) is 31.7 Å². The zero-order valence-electron chi connectivity index (χ0n) is 8.53. The Balaban J connectivity index is 2.57. The summed E-state index contributed by atoms with van der Waals surface area (Å²) in [5, 5.41) is 0. The van der Waals surface area contributed by atoms with E-state index in [2.05, 4.69) is 55.4 Å². The van der Waals surface area contributed by atoms with Gasteiger partial charge in [0.25, 0.3) is 0 Å². The van der Waals surface area contributed by atoms with Crippen LogP contribution >= 0.6 is 11.9 Å². The molecule has 13 heavy (non-hydrogen) atoms. The van der Waals surface area contributed by atoms with Crippen LogP contribution in [0.15, 0.2) is 35.2 Å². The van der Waals surface area contributed by atoms with E-state index in [-0.39, 0.29) is 0 Å². The van der Waals surface area contributed by atoms with E-state index in [1.165, 1.54) is 4.90 Å². The van der Waals surface area contributed by atoms with Gasteiger partial charge in [0.2, 0.25) is 0 Å². The van der Waals surface area contributed by atoms with Gasteiger partial charge in [-0.1, -0.05) is 25.1 Å². The average molecular weight is 195 g/mol. The quantitative estimate of drug-likeness (QED) is 0.677. The van der Waals surface area contributed by atoms with Gasteiger partial charge >= 0.3 is 0 Å². The first-order valence-electron chi connectivity index (χ1n) is 4.73. The summed E-state index contributed by atoms with van der Waals surface area (Å²) in [6.45, 7) is 7.71. The van der Waals surface area contributed by atoms with E-state index < -0.39 is 0 Å². The minimum Gasteiger partial charge on any atom is -0.244 e. The molecule has 0 heterocycles. The molecular weight excluding hydrogens is 178 g/mol. The largest absolute Gasteiger partial charge is 0.244 e. The van der Waals surface area contributed by atoms with Crippen molar-refractivity contribution >= 4 is 11.9 Å². The smallest absolute Gasteiger partial charge is 0.0230 e. The first kappa shape index (κ1) is 10.6. The molecule has 0 fully saturated rings. The summed E-state index contributed by atoms with van der Waals surface area (Å²) in [6, 6.07) is 11.1. The summed E-state index contributed by atoms with van der Waals surface area (Å²) in [5.74, 6) is 0. The van der Waals surface area contributed by atoms with E-state index in [9.17, 15) is 0 Å². The third-order valence-electron chi connectivity index (χ3n) is 1.85. The molecule has 0 aliphatic heterocycles. The first-order chi connectivity index (χ1) is 6.24. The van der Waals surface area contributed by atoms with Crippen LogP contribution in [-0.4, -0.2) is 16.9 Å². The van der Waals surface area contributed by atoms with Crippen molar-refractivity contribution in [2.24, 2.45) is 0 Å². The highest BCUT2D eigenvalue weighted by molar-refractivity contribution is 7.97. The molecule has 0 radical (unpaired) electrons. The molecule has 0 saturated carbocycles. The molecule has 2 heteroatoms. The molecule has 1 aromatic carbocycles. The van der Waals surface area contributed by atoms with E-state index in [1.807, 2.05) is 11.9 Å². The van der Waals surface area contributed by atoms with Crippen LogP contribution in [0.4, 0.5) is 0 Å². The highest BCUT2D eigenvalue weighted by Gasteiger charge is 2.07. The maximum atomic E-state index is 2.37. The Morgan fingerprint density at radius 1 is 1.23 bits per heavy atom. The third kappa shape index (κ3) is 3.41. The topological polar surface area (TPSA) is 3.24 Å². The lowest BCUT2D eigenvalue weighted by atomic mass is 10.4. The fourth-order valence-corrected chi connectivity index (χ4v) is 2.04. The number of rotatable bonds is 4. The average Bonchev–Trinajstić information content (AvgIpc) is 2.15. The molecule has 0 atom stereocenters. The lowest BCUT2D eigenvalue weighted by Crippen LogP contribution is -2.23. The molecule has 1 rings (SSSR count). The van der Waals surface area contributed by atoms with Crippen LogP contribution in [0.5, 0.6) is 0 Å². The normalized spacial score (nSPS) is 11.2. The van der Waals surface area contributed by atoms with Crippen molar-refractivity contribution in [3.63, 3.8) is 0 Å². The predicted molar refractivity (Wildman–Crippen MR) is 59.8 cm³/mol. The molecule has 0 amide bonds. The Morgan fingerprint density at radius 3 is 2.31 bits per heavy atom. The summed E-state index contributed by atoms with van der Waals surface area (Å²) in [6.07, 6.45) is 0. The van der Waals surface area contributed by atoms with Crippen molar-refractivity contribution in [3.8, 4) is 0 Å². The van der Waals surface area contributed by atoms with E-state index in [0.29, 0.717) is 6.04 Å². The van der Waals surface area contributed by atoms with Crippen LogP contribution in [0.2, 0.25) is 0 Å². The highest BCUT2D eigenvalue weighted by atomic mass is 32.2. The molecule has 1 aromatic rings. The second-order valence-electron chi connectivity index (χ2n) is 3.23. The predicted octanol–water partition coefficient (Wildman–Crippen LogP) is 3.42. The summed E-state index contributed by atoms with van der Waals surface area (Å²) < 4.78 is 2.37. The standard InChI is InChI=1S/C11H17NS/c1-4-12(10(2)3)13-11-8-6-5-7-9-11/h5-10H,4H2,1-3H3. The second-order valence-corrected chi connectivity index (χ2v) is 4.35. The molecule has 0 bridgehead atoms. The van der Waals surface area contributed by atoms with E-state index in [4.69, 9.17) is 0 Å². The van der Waals surface area contributed by atoms with Crippen molar-refractivity contribution < 1.29 is 0 Å². The van der Waals surface area contributed by atoms with Gasteiger partial charge < -0.3 is 0 Å². The van der Waals surface area contributed by atoms with Gasteiger partial charge in [-0.15, -0.1) is 0 Å². The number of benzene rings is 1. The van der Waals surface area contributed by atoms with Crippen molar-refractivity contribution in [3.05, 3.63) is 30.3 Å². The number of hydrogen-bond acceptors (Lipinski definition) is 2. The zero-order valence-corrected chi connectivity index (χ0v) is 9.34. The molecule has 0 saturated heterocycles. The van der Waals surface area contributed by atoms with Crippen LogP contribution in [0, 0.1) is 0 Å². The van der Waals surface area contributed by atoms with Gasteiger partial charge in [0, 0.05) is 17.5 Å². The van der Waals surface area contributed by atoms with E-state index >= 15 is 0 Å². The van der Waals surface area contributed by atoms with E-state index in [1.54, 1.807) is 0 Å². The van der Waals surface area contributed by atoms with Crippen molar-refractivity contribution in [1.82, 2.24) is 4.31 Å². The number of nitrogens with zero attached hydrogens (tertiary/aromatic N) is 1. The van der Waals surface area contributed by atoms with Crippen LogP contribution < -0.4 is 0 Å². The van der Waals surface area contributed by atoms with Gasteiger partial charge in [0.05, 0.1) is 0 Å². The Morgan fingerprint density at radius 2 is 1.85 bits per heavy atom. The molecule has 0 aliphatic rings. The van der Waals surface area contributed by atoms with Crippen LogP contribution in [-0.2, 0) is 0 Å².